The minimum absolute atomic E-state index is 0.195. The van der Waals surface area contributed by atoms with E-state index in [4.69, 9.17) is 8.83 Å². The van der Waals surface area contributed by atoms with Gasteiger partial charge in [-0.3, -0.25) is 0 Å². The van der Waals surface area contributed by atoms with Crippen LogP contribution in [0.3, 0.4) is 0 Å². The average Bonchev–Trinajstić information content (AvgIpc) is 3.93. The summed E-state index contributed by atoms with van der Waals surface area (Å²) in [7, 11) is 0. The SMILES string of the molecule is CC1(C)c2ccccc2-c2cccc(N(c3ccc(-c4cccc5c4oc4ccccc45)cc3)c3ccc(-c4cccc5oc6c7ccccc7ccc6c45)cc3)c21. The van der Waals surface area contributed by atoms with Crippen LogP contribution in [-0.4, -0.2) is 0 Å². The Bertz CT molecular complexity index is 3420. The number of rotatable bonds is 5. The molecule has 0 atom stereocenters. The summed E-state index contributed by atoms with van der Waals surface area (Å²) in [5.74, 6) is 0. The van der Waals surface area contributed by atoms with Gasteiger partial charge in [-0.2, -0.15) is 0 Å². The van der Waals surface area contributed by atoms with Crippen molar-refractivity contribution in [3.8, 4) is 33.4 Å². The molecule has 9 aromatic carbocycles. The monoisotopic (exact) mass is 743 g/mol. The fraction of sp³-hybridized carbons (Fsp3) is 0.0545. The summed E-state index contributed by atoms with van der Waals surface area (Å²) in [6, 6.07) is 67.6. The first kappa shape index (κ1) is 32.8. The quantitative estimate of drug-likeness (QED) is 0.176. The second-order valence-electron chi connectivity index (χ2n) is 16.0. The normalized spacial score (nSPS) is 13.1. The second-order valence-corrected chi connectivity index (χ2v) is 16.0. The van der Waals surface area contributed by atoms with E-state index >= 15 is 0 Å². The molecule has 0 saturated carbocycles. The number of anilines is 3. The molecule has 11 aromatic rings. The molecule has 0 bridgehead atoms. The Balaban J connectivity index is 1.01. The largest absolute Gasteiger partial charge is 0.455 e. The molecule has 0 unspecified atom stereocenters. The maximum atomic E-state index is 6.56. The topological polar surface area (TPSA) is 29.5 Å². The van der Waals surface area contributed by atoms with Gasteiger partial charge in [0, 0.05) is 49.3 Å². The highest BCUT2D eigenvalue weighted by Crippen LogP contribution is 2.54. The van der Waals surface area contributed by atoms with Gasteiger partial charge in [0.25, 0.3) is 0 Å². The molecule has 2 aromatic heterocycles. The maximum Gasteiger partial charge on any atom is 0.143 e. The number of para-hydroxylation sites is 2. The van der Waals surface area contributed by atoms with Gasteiger partial charge in [0.05, 0.1) is 5.69 Å². The summed E-state index contributed by atoms with van der Waals surface area (Å²) in [4.78, 5) is 2.43. The first-order valence-corrected chi connectivity index (χ1v) is 20.0. The number of hydrogen-bond acceptors (Lipinski definition) is 3. The predicted octanol–water partition coefficient (Wildman–Crippen LogP) is 15.7. The first-order valence-electron chi connectivity index (χ1n) is 20.0. The van der Waals surface area contributed by atoms with Crippen LogP contribution in [0.2, 0.25) is 0 Å². The minimum atomic E-state index is -0.195. The molecule has 1 aliphatic rings. The Labute approximate surface area is 336 Å². The highest BCUT2D eigenvalue weighted by atomic mass is 16.3. The third-order valence-corrected chi connectivity index (χ3v) is 12.5. The lowest BCUT2D eigenvalue weighted by atomic mass is 9.81. The van der Waals surface area contributed by atoms with E-state index in [0.717, 1.165) is 82.9 Å². The molecule has 0 N–H and O–H groups in total. The van der Waals surface area contributed by atoms with Crippen LogP contribution in [0.4, 0.5) is 17.1 Å². The molecule has 3 heteroatoms. The fourth-order valence-corrected chi connectivity index (χ4v) is 9.78. The Morgan fingerprint density at radius 2 is 0.983 bits per heavy atom. The highest BCUT2D eigenvalue weighted by molar-refractivity contribution is 6.19. The van der Waals surface area contributed by atoms with Crippen LogP contribution < -0.4 is 4.90 Å². The van der Waals surface area contributed by atoms with Gasteiger partial charge in [-0.15, -0.1) is 0 Å². The summed E-state index contributed by atoms with van der Waals surface area (Å²) in [5.41, 5.74) is 16.6. The number of fused-ring (bicyclic) bond motifs is 11. The lowest BCUT2D eigenvalue weighted by Gasteiger charge is -2.32. The zero-order chi connectivity index (χ0) is 38.5. The van der Waals surface area contributed by atoms with Gasteiger partial charge in [0.15, 0.2) is 0 Å². The summed E-state index contributed by atoms with van der Waals surface area (Å²) in [5, 5.41) is 6.86. The van der Waals surface area contributed by atoms with Crippen molar-refractivity contribution in [1.82, 2.24) is 0 Å². The van der Waals surface area contributed by atoms with E-state index in [1.807, 2.05) is 12.1 Å². The smallest absolute Gasteiger partial charge is 0.143 e. The summed E-state index contributed by atoms with van der Waals surface area (Å²) < 4.78 is 13.0. The first-order chi connectivity index (χ1) is 28.5. The number of benzene rings is 9. The van der Waals surface area contributed by atoms with Crippen molar-refractivity contribution in [2.24, 2.45) is 0 Å². The molecule has 12 rings (SSSR count). The maximum absolute atomic E-state index is 6.56. The third kappa shape index (κ3) is 4.74. The number of hydrogen-bond donors (Lipinski definition) is 0. The van der Waals surface area contributed by atoms with E-state index in [0.29, 0.717) is 0 Å². The molecule has 3 nitrogen and oxygen atoms in total. The summed E-state index contributed by atoms with van der Waals surface area (Å²) in [6.45, 7) is 4.72. The van der Waals surface area contributed by atoms with E-state index in [2.05, 4.69) is 195 Å². The number of nitrogens with zero attached hydrogens (tertiary/aromatic N) is 1. The van der Waals surface area contributed by atoms with E-state index in [9.17, 15) is 0 Å². The standard InChI is InChI=1S/C55H37NO2/c1-55(2)47-20-7-5-14-42(47)44-18-10-21-48(52(44)55)56(38-31-26-36(27-32-38)41-17-9-19-45-43-15-6-8-22-49(43)57-53(41)45)37-29-24-35(25-30-37)39-16-11-23-50-51(39)46-33-28-34-12-3-4-13-40(34)54(46)58-50/h3-33H,1-2H3. The molecule has 0 amide bonds. The molecule has 0 spiro atoms. The molecule has 0 fully saturated rings. The van der Waals surface area contributed by atoms with Crippen LogP contribution in [0, 0.1) is 0 Å². The Kier molecular flexibility index (Phi) is 6.98. The van der Waals surface area contributed by atoms with Gasteiger partial charge < -0.3 is 13.7 Å². The van der Waals surface area contributed by atoms with E-state index in [1.165, 1.54) is 33.3 Å². The Morgan fingerprint density at radius 3 is 1.81 bits per heavy atom. The van der Waals surface area contributed by atoms with Gasteiger partial charge in [0.1, 0.15) is 22.3 Å². The zero-order valence-corrected chi connectivity index (χ0v) is 32.2. The Hall–Kier alpha value is -7.36. The second kappa shape index (κ2) is 12.3. The zero-order valence-electron chi connectivity index (χ0n) is 32.2. The minimum Gasteiger partial charge on any atom is -0.455 e. The highest BCUT2D eigenvalue weighted by Gasteiger charge is 2.38. The molecular weight excluding hydrogens is 707 g/mol. The molecule has 0 aliphatic heterocycles. The molecular formula is C55H37NO2. The van der Waals surface area contributed by atoms with E-state index < -0.39 is 0 Å². The van der Waals surface area contributed by atoms with E-state index in [1.54, 1.807) is 0 Å². The van der Waals surface area contributed by atoms with Crippen LogP contribution in [0.25, 0.3) is 88.0 Å². The number of furan rings is 2. The Morgan fingerprint density at radius 1 is 0.397 bits per heavy atom. The lowest BCUT2D eigenvalue weighted by molar-refractivity contribution is 0.661. The van der Waals surface area contributed by atoms with Crippen LogP contribution in [-0.2, 0) is 5.41 Å². The molecule has 0 saturated heterocycles. The molecule has 1 aliphatic carbocycles. The van der Waals surface area contributed by atoms with Crippen molar-refractivity contribution in [3.63, 3.8) is 0 Å². The van der Waals surface area contributed by atoms with Gasteiger partial charge >= 0.3 is 0 Å². The fourth-order valence-electron chi connectivity index (χ4n) is 9.78. The lowest BCUT2D eigenvalue weighted by Crippen LogP contribution is -2.20. The van der Waals surface area contributed by atoms with Gasteiger partial charge in [0.2, 0.25) is 0 Å². The van der Waals surface area contributed by atoms with Crippen molar-refractivity contribution < 1.29 is 8.83 Å². The molecule has 2 heterocycles. The summed E-state index contributed by atoms with van der Waals surface area (Å²) in [6.07, 6.45) is 0. The van der Waals surface area contributed by atoms with Crippen LogP contribution >= 0.6 is 0 Å². The van der Waals surface area contributed by atoms with Crippen molar-refractivity contribution in [2.45, 2.75) is 19.3 Å². The van der Waals surface area contributed by atoms with Gasteiger partial charge in [-0.25, -0.2) is 0 Å². The predicted molar refractivity (Wildman–Crippen MR) is 242 cm³/mol. The van der Waals surface area contributed by atoms with Crippen LogP contribution in [0.1, 0.15) is 25.0 Å². The summed E-state index contributed by atoms with van der Waals surface area (Å²) >= 11 is 0. The average molecular weight is 744 g/mol. The van der Waals surface area contributed by atoms with Crippen LogP contribution in [0.5, 0.6) is 0 Å². The van der Waals surface area contributed by atoms with E-state index in [-0.39, 0.29) is 5.41 Å². The van der Waals surface area contributed by atoms with Gasteiger partial charge in [-0.05, 0) is 92.9 Å². The van der Waals surface area contributed by atoms with Crippen molar-refractivity contribution in [1.29, 1.82) is 0 Å². The van der Waals surface area contributed by atoms with Crippen molar-refractivity contribution >= 4 is 71.7 Å². The van der Waals surface area contributed by atoms with Crippen LogP contribution in [0.15, 0.2) is 197 Å². The molecule has 0 radical (unpaired) electrons. The van der Waals surface area contributed by atoms with Gasteiger partial charge in [-0.1, -0.05) is 153 Å². The molecule has 274 valence electrons. The third-order valence-electron chi connectivity index (χ3n) is 12.5. The van der Waals surface area contributed by atoms with Crippen molar-refractivity contribution in [2.75, 3.05) is 4.90 Å². The van der Waals surface area contributed by atoms with Crippen molar-refractivity contribution in [3.05, 3.63) is 199 Å². The molecule has 58 heavy (non-hydrogen) atoms.